The van der Waals surface area contributed by atoms with Crippen LogP contribution in [-0.4, -0.2) is 97.1 Å². The number of pyridine rings is 1. The number of amides is 2. The van der Waals surface area contributed by atoms with E-state index in [1.165, 1.54) is 4.90 Å². The zero-order valence-electron chi connectivity index (χ0n) is 33.7. The van der Waals surface area contributed by atoms with Crippen LogP contribution in [0.5, 0.6) is 5.75 Å². The number of phenols is 1. The lowest BCUT2D eigenvalue weighted by Crippen LogP contribution is -2.72. The highest BCUT2D eigenvalue weighted by Gasteiger charge is 2.53. The molecule has 3 aliphatic heterocycles. The number of carbonyl (C=O) groups is 2. The summed E-state index contributed by atoms with van der Waals surface area (Å²) in [6.45, 7) is 13.2. The fourth-order valence-electron chi connectivity index (χ4n) is 8.95. The number of anilines is 2. The summed E-state index contributed by atoms with van der Waals surface area (Å²) in [7, 11) is 0. The summed E-state index contributed by atoms with van der Waals surface area (Å²) in [4.78, 5) is 44.3. The van der Waals surface area contributed by atoms with Crippen LogP contribution >= 0.6 is 11.3 Å². The number of rotatable bonds is 10. The van der Waals surface area contributed by atoms with Gasteiger partial charge in [0.2, 0.25) is 11.8 Å². The van der Waals surface area contributed by atoms with Crippen LogP contribution in [0.4, 0.5) is 11.5 Å². The predicted molar refractivity (Wildman–Crippen MR) is 225 cm³/mol. The maximum atomic E-state index is 14.3. The van der Waals surface area contributed by atoms with Gasteiger partial charge in [-0.3, -0.25) is 9.59 Å². The average molecular weight is 814 g/mol. The van der Waals surface area contributed by atoms with E-state index in [1.807, 2.05) is 94.7 Å². The molecule has 4 atom stereocenters. The first-order valence-corrected chi connectivity index (χ1v) is 20.9. The maximum absolute atomic E-state index is 14.3. The van der Waals surface area contributed by atoms with Gasteiger partial charge in [0.1, 0.15) is 23.2 Å². The van der Waals surface area contributed by atoms with E-state index in [-0.39, 0.29) is 47.9 Å². The number of hydrogen-bond donors (Lipinski definition) is 3. The zero-order valence-corrected chi connectivity index (χ0v) is 34.5. The molecule has 7 heterocycles. The third kappa shape index (κ3) is 7.16. The number of aliphatic hydroxyl groups excluding tert-OH is 1. The second kappa shape index (κ2) is 15.0. The predicted octanol–water partition coefficient (Wildman–Crippen LogP) is 6.03. The number of aromatic hydroxyl groups is 1. The fourth-order valence-corrected chi connectivity index (χ4v) is 9.76. The standard InChI is InChI=1S/C44H47N9O5S/c1-24(2)40(43(57)53-18-30(54)14-36(53)42(56)47-25(3)28-10-12-29(13-11-28)41-27(5)45-23-59-41)38-17-39(50-58-38)52-21-44(22-52)19-51(20-44)35-16-34-33(46-26(35)4)15-32(48-49-34)31-8-6-7-9-37(31)55/h6-13,15-17,23-25,30,36,40,54-55H,14,18-22H2,1-5H3,(H,47,56)/t25-,30+,36-,40+/m0/s1. The first kappa shape index (κ1) is 38.6. The number of likely N-dealkylation sites (tertiary alicyclic amines) is 1. The minimum absolute atomic E-state index is 0.0710. The zero-order chi connectivity index (χ0) is 41.2. The molecule has 14 nitrogen and oxygen atoms in total. The van der Waals surface area contributed by atoms with E-state index in [1.54, 1.807) is 23.5 Å². The Labute approximate surface area is 345 Å². The topological polar surface area (TPSA) is 174 Å². The highest BCUT2D eigenvalue weighted by Crippen LogP contribution is 2.45. The van der Waals surface area contributed by atoms with E-state index in [9.17, 15) is 19.8 Å². The van der Waals surface area contributed by atoms with Gasteiger partial charge in [-0.15, -0.1) is 21.5 Å². The van der Waals surface area contributed by atoms with Gasteiger partial charge in [0.15, 0.2) is 11.6 Å². The van der Waals surface area contributed by atoms with E-state index < -0.39 is 18.1 Å². The van der Waals surface area contributed by atoms with Gasteiger partial charge in [0.05, 0.1) is 50.8 Å². The summed E-state index contributed by atoms with van der Waals surface area (Å²) in [5.74, 6) is -0.0971. The molecular formula is C44H47N9O5S. The van der Waals surface area contributed by atoms with Crippen LogP contribution in [-0.2, 0) is 9.59 Å². The van der Waals surface area contributed by atoms with E-state index in [0.29, 0.717) is 28.4 Å². The van der Waals surface area contributed by atoms with E-state index in [2.05, 4.69) is 35.5 Å². The molecule has 59 heavy (non-hydrogen) atoms. The fraction of sp³-hybridized carbons (Fsp3) is 0.386. The van der Waals surface area contributed by atoms with Crippen molar-refractivity contribution < 1.29 is 24.3 Å². The van der Waals surface area contributed by atoms with Crippen LogP contribution < -0.4 is 15.1 Å². The molecule has 0 aliphatic carbocycles. The number of fused-ring (bicyclic) bond motifs is 1. The molecule has 4 aromatic heterocycles. The van der Waals surface area contributed by atoms with E-state index in [4.69, 9.17) is 9.51 Å². The Balaban J connectivity index is 0.825. The van der Waals surface area contributed by atoms with Crippen LogP contribution in [0.25, 0.3) is 32.7 Å². The van der Waals surface area contributed by atoms with Gasteiger partial charge in [-0.2, -0.15) is 0 Å². The summed E-state index contributed by atoms with van der Waals surface area (Å²) in [5, 5.41) is 37.3. The number of phenolic OH excluding ortho intramolecular Hbond substituents is 1. The Morgan fingerprint density at radius 1 is 0.932 bits per heavy atom. The highest BCUT2D eigenvalue weighted by molar-refractivity contribution is 7.13. The lowest BCUT2D eigenvalue weighted by atomic mass is 9.72. The SMILES string of the molecule is Cc1nc2cc(-c3ccccc3O)nnc2cc1N1CC2(CN(c3cc([C@H](C(=O)N4C[C@H](O)C[C@H]4C(=O)N[C@@H](C)c4ccc(-c5scnc5C)cc4)C(C)C)on3)C2)C1. The summed E-state index contributed by atoms with van der Waals surface area (Å²) in [5.41, 5.74) is 9.45. The Morgan fingerprint density at radius 2 is 1.68 bits per heavy atom. The van der Waals surface area contributed by atoms with Gasteiger partial charge in [0.25, 0.3) is 0 Å². The van der Waals surface area contributed by atoms with Gasteiger partial charge < -0.3 is 34.8 Å². The first-order valence-electron chi connectivity index (χ1n) is 20.1. The molecule has 15 heteroatoms. The summed E-state index contributed by atoms with van der Waals surface area (Å²) in [6.07, 6.45) is -0.648. The van der Waals surface area contributed by atoms with Crippen LogP contribution in [0.1, 0.15) is 61.9 Å². The molecule has 2 amide bonds. The normalized spacial score (nSPS) is 19.5. The van der Waals surface area contributed by atoms with E-state index in [0.717, 1.165) is 64.8 Å². The highest BCUT2D eigenvalue weighted by atomic mass is 32.1. The molecular weight excluding hydrogens is 767 g/mol. The second-order valence-corrected chi connectivity index (χ2v) is 17.6. The van der Waals surface area contributed by atoms with Crippen LogP contribution in [0, 0.1) is 25.2 Å². The van der Waals surface area contributed by atoms with Crippen molar-refractivity contribution in [3.8, 4) is 27.4 Å². The molecule has 3 saturated heterocycles. The molecule has 1 spiro atoms. The lowest BCUT2D eigenvalue weighted by Gasteiger charge is -2.61. The summed E-state index contributed by atoms with van der Waals surface area (Å²) in [6, 6.07) is 19.8. The van der Waals surface area contributed by atoms with Crippen molar-refractivity contribution in [3.63, 3.8) is 0 Å². The number of carbonyl (C=O) groups excluding carboxylic acids is 2. The van der Waals surface area contributed by atoms with Gasteiger partial charge in [-0.1, -0.05) is 55.4 Å². The molecule has 9 rings (SSSR count). The van der Waals surface area contributed by atoms with Crippen molar-refractivity contribution in [2.24, 2.45) is 11.3 Å². The van der Waals surface area contributed by atoms with Crippen molar-refractivity contribution in [3.05, 3.63) is 95.0 Å². The molecule has 0 unspecified atom stereocenters. The number of nitrogens with zero attached hydrogens (tertiary/aromatic N) is 8. The second-order valence-electron chi connectivity index (χ2n) is 16.8. The number of nitrogens with one attached hydrogen (secondary N) is 1. The largest absolute Gasteiger partial charge is 0.507 e. The Morgan fingerprint density at radius 3 is 2.39 bits per heavy atom. The van der Waals surface area contributed by atoms with Crippen LogP contribution in [0.15, 0.2) is 76.8 Å². The van der Waals surface area contributed by atoms with Gasteiger partial charge in [-0.25, -0.2) is 9.97 Å². The molecule has 0 radical (unpaired) electrons. The molecule has 2 aromatic carbocycles. The molecule has 3 fully saturated rings. The molecule has 3 N–H and O–H groups in total. The maximum Gasteiger partial charge on any atom is 0.243 e. The lowest BCUT2D eigenvalue weighted by molar-refractivity contribution is -0.141. The monoisotopic (exact) mass is 813 g/mol. The third-order valence-electron chi connectivity index (χ3n) is 12.1. The van der Waals surface area contributed by atoms with E-state index >= 15 is 0 Å². The minimum Gasteiger partial charge on any atom is -0.507 e. The first-order chi connectivity index (χ1) is 28.4. The molecule has 0 saturated carbocycles. The molecule has 3 aliphatic rings. The van der Waals surface area contributed by atoms with Gasteiger partial charge >= 0.3 is 0 Å². The summed E-state index contributed by atoms with van der Waals surface area (Å²) >= 11 is 1.59. The number of aliphatic hydroxyl groups is 1. The number of benzene rings is 2. The van der Waals surface area contributed by atoms with Crippen molar-refractivity contribution in [2.75, 3.05) is 42.5 Å². The van der Waals surface area contributed by atoms with Crippen molar-refractivity contribution in [2.45, 2.75) is 65.1 Å². The number of aromatic nitrogens is 5. The Bertz CT molecular complexity index is 2540. The molecule has 304 valence electrons. The van der Waals surface area contributed by atoms with Crippen molar-refractivity contribution in [1.29, 1.82) is 0 Å². The summed E-state index contributed by atoms with van der Waals surface area (Å²) < 4.78 is 5.87. The Kier molecular flexibility index (Phi) is 9.83. The molecule has 6 aromatic rings. The third-order valence-corrected chi connectivity index (χ3v) is 13.1. The van der Waals surface area contributed by atoms with Crippen molar-refractivity contribution >= 4 is 45.7 Å². The number of thiazole rings is 1. The quantitative estimate of drug-likeness (QED) is 0.147. The van der Waals surface area contributed by atoms with Crippen LogP contribution in [0.2, 0.25) is 0 Å². The number of β-amino-alcohol motifs (C(OH)–C–C–N with tert-alkyl or cyclic N) is 1. The number of para-hydroxylation sites is 1. The number of hydrogen-bond acceptors (Lipinski definition) is 13. The van der Waals surface area contributed by atoms with Gasteiger partial charge in [0, 0.05) is 56.2 Å². The van der Waals surface area contributed by atoms with Crippen molar-refractivity contribution in [1.82, 2.24) is 35.5 Å². The average Bonchev–Trinajstić information content (AvgIpc) is 3.94. The minimum atomic E-state index is -0.811. The van der Waals surface area contributed by atoms with Gasteiger partial charge in [-0.05, 0) is 62.1 Å². The molecule has 0 bridgehead atoms. The number of aryl methyl sites for hydroxylation is 2. The smallest absolute Gasteiger partial charge is 0.243 e. The van der Waals surface area contributed by atoms with Crippen LogP contribution in [0.3, 0.4) is 0 Å². The Hall–Kier alpha value is -5.93.